The fourth-order valence-electron chi connectivity index (χ4n) is 2.04. The number of anilines is 2. The van der Waals surface area contributed by atoms with Crippen molar-refractivity contribution in [2.75, 3.05) is 24.6 Å². The van der Waals surface area contributed by atoms with Gasteiger partial charge in [-0.2, -0.15) is 0 Å². The molecule has 1 unspecified atom stereocenters. The quantitative estimate of drug-likeness (QED) is 0.565. The Balaban J connectivity index is 2.11. The lowest BCUT2D eigenvalue weighted by Gasteiger charge is -2.15. The maximum atomic E-state index is 11.7. The van der Waals surface area contributed by atoms with Crippen molar-refractivity contribution in [1.29, 1.82) is 0 Å². The SMILES string of the molecule is CNS(=O)(=O)c1ccc(N)c(NCC2CCC(=O)N2)c1. The molecule has 8 heteroatoms. The number of nitrogens with one attached hydrogen (secondary N) is 3. The van der Waals surface area contributed by atoms with Crippen molar-refractivity contribution in [1.82, 2.24) is 10.0 Å². The van der Waals surface area contributed by atoms with Crippen molar-refractivity contribution >= 4 is 27.3 Å². The van der Waals surface area contributed by atoms with E-state index in [1.54, 1.807) is 6.07 Å². The fraction of sp³-hybridized carbons (Fsp3) is 0.417. The molecule has 0 bridgehead atoms. The summed E-state index contributed by atoms with van der Waals surface area (Å²) < 4.78 is 25.7. The van der Waals surface area contributed by atoms with E-state index >= 15 is 0 Å². The number of benzene rings is 1. The number of sulfonamides is 1. The molecule has 1 saturated heterocycles. The topological polar surface area (TPSA) is 113 Å². The molecule has 1 amide bonds. The Morgan fingerprint density at radius 2 is 2.20 bits per heavy atom. The predicted octanol–water partition coefficient (Wildman–Crippen LogP) is -0.133. The molecule has 0 saturated carbocycles. The molecular formula is C12H18N4O3S. The normalized spacial score (nSPS) is 18.9. The van der Waals surface area contributed by atoms with Crippen LogP contribution in [0.25, 0.3) is 0 Å². The van der Waals surface area contributed by atoms with Crippen molar-refractivity contribution in [3.63, 3.8) is 0 Å². The average Bonchev–Trinajstić information content (AvgIpc) is 2.83. The van der Waals surface area contributed by atoms with Crippen LogP contribution in [-0.2, 0) is 14.8 Å². The second kappa shape index (κ2) is 5.68. The lowest BCUT2D eigenvalue weighted by atomic mass is 10.2. The van der Waals surface area contributed by atoms with Gasteiger partial charge in [0.15, 0.2) is 0 Å². The van der Waals surface area contributed by atoms with Gasteiger partial charge >= 0.3 is 0 Å². The lowest BCUT2D eigenvalue weighted by Crippen LogP contribution is -2.32. The Labute approximate surface area is 118 Å². The molecule has 1 aromatic rings. The minimum Gasteiger partial charge on any atom is -0.397 e. The van der Waals surface area contributed by atoms with E-state index in [-0.39, 0.29) is 16.8 Å². The number of rotatable bonds is 5. The van der Waals surface area contributed by atoms with Crippen molar-refractivity contribution in [2.45, 2.75) is 23.8 Å². The molecule has 0 radical (unpaired) electrons. The monoisotopic (exact) mass is 298 g/mol. The number of nitrogen functional groups attached to an aromatic ring is 1. The Kier molecular flexibility index (Phi) is 4.15. The molecule has 1 fully saturated rings. The van der Waals surface area contributed by atoms with Gasteiger partial charge in [-0.05, 0) is 31.7 Å². The highest BCUT2D eigenvalue weighted by Crippen LogP contribution is 2.23. The molecule has 1 aromatic carbocycles. The second-order valence-corrected chi connectivity index (χ2v) is 6.53. The van der Waals surface area contributed by atoms with Gasteiger partial charge in [0.1, 0.15) is 0 Å². The molecule has 20 heavy (non-hydrogen) atoms. The fourth-order valence-corrected chi connectivity index (χ4v) is 2.79. The summed E-state index contributed by atoms with van der Waals surface area (Å²) in [5.74, 6) is 0.0382. The van der Waals surface area contributed by atoms with Gasteiger partial charge in [-0.1, -0.05) is 0 Å². The molecule has 2 rings (SSSR count). The van der Waals surface area contributed by atoms with Gasteiger partial charge in [0.05, 0.1) is 16.3 Å². The van der Waals surface area contributed by atoms with Crippen LogP contribution in [-0.4, -0.2) is 34.0 Å². The highest BCUT2D eigenvalue weighted by atomic mass is 32.2. The molecule has 0 aliphatic carbocycles. The Bertz CT molecular complexity index is 615. The summed E-state index contributed by atoms with van der Waals surface area (Å²) in [6, 6.07) is 4.52. The number of carbonyl (C=O) groups excluding carboxylic acids is 1. The van der Waals surface area contributed by atoms with E-state index in [0.29, 0.717) is 24.3 Å². The summed E-state index contributed by atoms with van der Waals surface area (Å²) in [6.45, 7) is 0.513. The third-order valence-corrected chi connectivity index (χ3v) is 4.64. The van der Waals surface area contributed by atoms with Gasteiger partial charge in [-0.3, -0.25) is 4.79 Å². The molecule has 0 aromatic heterocycles. The summed E-state index contributed by atoms with van der Waals surface area (Å²) in [4.78, 5) is 11.3. The first-order valence-corrected chi connectivity index (χ1v) is 7.77. The minimum absolute atomic E-state index is 0.0382. The standard InChI is InChI=1S/C12H18N4O3S/c1-14-20(18,19)9-3-4-10(13)11(6-9)15-7-8-2-5-12(17)16-8/h3-4,6,8,14-15H,2,5,7,13H2,1H3,(H,16,17). The second-order valence-electron chi connectivity index (χ2n) is 4.64. The van der Waals surface area contributed by atoms with Gasteiger partial charge in [0, 0.05) is 19.0 Å². The highest BCUT2D eigenvalue weighted by Gasteiger charge is 2.20. The molecule has 1 aliphatic rings. The van der Waals surface area contributed by atoms with Gasteiger partial charge in [-0.15, -0.1) is 0 Å². The first-order valence-electron chi connectivity index (χ1n) is 6.28. The van der Waals surface area contributed by atoms with Crippen LogP contribution in [0.3, 0.4) is 0 Å². The van der Waals surface area contributed by atoms with Crippen molar-refractivity contribution < 1.29 is 13.2 Å². The Morgan fingerprint density at radius 3 is 2.80 bits per heavy atom. The third kappa shape index (κ3) is 3.20. The van der Waals surface area contributed by atoms with Gasteiger partial charge in [0.25, 0.3) is 0 Å². The maximum Gasteiger partial charge on any atom is 0.240 e. The zero-order chi connectivity index (χ0) is 14.8. The van der Waals surface area contributed by atoms with Crippen LogP contribution in [0.15, 0.2) is 23.1 Å². The van der Waals surface area contributed by atoms with Crippen LogP contribution < -0.4 is 21.1 Å². The minimum atomic E-state index is -3.50. The maximum absolute atomic E-state index is 11.7. The number of hydrogen-bond acceptors (Lipinski definition) is 5. The molecule has 1 atom stereocenters. The average molecular weight is 298 g/mol. The molecule has 0 spiro atoms. The van der Waals surface area contributed by atoms with Crippen LogP contribution in [0, 0.1) is 0 Å². The molecule has 5 N–H and O–H groups in total. The van der Waals surface area contributed by atoms with Crippen LogP contribution in [0.4, 0.5) is 11.4 Å². The molecule has 1 aliphatic heterocycles. The van der Waals surface area contributed by atoms with E-state index < -0.39 is 10.0 Å². The van der Waals surface area contributed by atoms with E-state index in [4.69, 9.17) is 5.73 Å². The number of amides is 1. The zero-order valence-corrected chi connectivity index (χ0v) is 12.0. The van der Waals surface area contributed by atoms with E-state index in [9.17, 15) is 13.2 Å². The van der Waals surface area contributed by atoms with E-state index in [1.165, 1.54) is 19.2 Å². The highest BCUT2D eigenvalue weighted by molar-refractivity contribution is 7.89. The van der Waals surface area contributed by atoms with Crippen molar-refractivity contribution in [2.24, 2.45) is 0 Å². The largest absolute Gasteiger partial charge is 0.397 e. The Morgan fingerprint density at radius 1 is 1.45 bits per heavy atom. The van der Waals surface area contributed by atoms with Crippen LogP contribution in [0.2, 0.25) is 0 Å². The Hall–Kier alpha value is -1.80. The van der Waals surface area contributed by atoms with E-state index in [0.717, 1.165) is 6.42 Å². The van der Waals surface area contributed by atoms with Crippen molar-refractivity contribution in [3.05, 3.63) is 18.2 Å². The molecule has 7 nitrogen and oxygen atoms in total. The summed E-state index contributed by atoms with van der Waals surface area (Å²) in [7, 11) is -2.14. The number of nitrogens with two attached hydrogens (primary N) is 1. The van der Waals surface area contributed by atoms with Crippen LogP contribution in [0.1, 0.15) is 12.8 Å². The summed E-state index contributed by atoms with van der Waals surface area (Å²) in [5.41, 5.74) is 6.83. The molecule has 1 heterocycles. The van der Waals surface area contributed by atoms with Crippen molar-refractivity contribution in [3.8, 4) is 0 Å². The smallest absolute Gasteiger partial charge is 0.240 e. The predicted molar refractivity (Wildman–Crippen MR) is 76.8 cm³/mol. The van der Waals surface area contributed by atoms with Crippen LogP contribution >= 0.6 is 0 Å². The zero-order valence-electron chi connectivity index (χ0n) is 11.1. The third-order valence-electron chi connectivity index (χ3n) is 3.23. The molecule has 110 valence electrons. The first-order chi connectivity index (χ1) is 9.42. The number of carbonyl (C=O) groups is 1. The van der Waals surface area contributed by atoms with Gasteiger partial charge in [-0.25, -0.2) is 13.1 Å². The van der Waals surface area contributed by atoms with Gasteiger partial charge in [0.2, 0.25) is 15.9 Å². The summed E-state index contributed by atoms with van der Waals surface area (Å²) in [5, 5.41) is 5.91. The van der Waals surface area contributed by atoms with Crippen LogP contribution in [0.5, 0.6) is 0 Å². The lowest BCUT2D eigenvalue weighted by molar-refractivity contribution is -0.119. The first kappa shape index (κ1) is 14.6. The summed E-state index contributed by atoms with van der Waals surface area (Å²) >= 11 is 0. The number of hydrogen-bond donors (Lipinski definition) is 4. The van der Waals surface area contributed by atoms with Gasteiger partial charge < -0.3 is 16.4 Å². The van der Waals surface area contributed by atoms with E-state index in [1.807, 2.05) is 0 Å². The summed E-state index contributed by atoms with van der Waals surface area (Å²) in [6.07, 6.45) is 1.29. The molecular weight excluding hydrogens is 280 g/mol. The van der Waals surface area contributed by atoms with E-state index in [2.05, 4.69) is 15.4 Å².